The summed E-state index contributed by atoms with van der Waals surface area (Å²) >= 11 is 0. The van der Waals surface area contributed by atoms with Crippen molar-refractivity contribution in [1.82, 2.24) is 9.97 Å². The average Bonchev–Trinajstić information content (AvgIpc) is 3.01. The van der Waals surface area contributed by atoms with Crippen molar-refractivity contribution in [2.24, 2.45) is 0 Å². The summed E-state index contributed by atoms with van der Waals surface area (Å²) in [5.74, 6) is 2.78. The maximum atomic E-state index is 5.51. The molecule has 3 rings (SSSR count). The molecule has 0 aliphatic carbocycles. The van der Waals surface area contributed by atoms with Crippen LogP contribution in [0.1, 0.15) is 40.2 Å². The fourth-order valence-electron chi connectivity index (χ4n) is 2.12. The highest BCUT2D eigenvalue weighted by molar-refractivity contribution is 5.70. The highest BCUT2D eigenvalue weighted by Crippen LogP contribution is 2.40. The van der Waals surface area contributed by atoms with Crippen LogP contribution in [0.3, 0.4) is 0 Å². The van der Waals surface area contributed by atoms with Crippen LogP contribution in [0.5, 0.6) is 11.5 Å². The normalized spacial score (nSPS) is 12.2. The Balaban J connectivity index is 0.00000100. The number of aryl methyl sites for hydroxylation is 1. The lowest BCUT2D eigenvalue weighted by molar-refractivity contribution is 0.174. The van der Waals surface area contributed by atoms with Crippen LogP contribution >= 0.6 is 0 Å². The Labute approximate surface area is 143 Å². The third-order valence-electron chi connectivity index (χ3n) is 3.11. The summed E-state index contributed by atoms with van der Waals surface area (Å²) in [7, 11) is 0. The summed E-state index contributed by atoms with van der Waals surface area (Å²) < 4.78 is 10.9. The predicted octanol–water partition coefficient (Wildman–Crippen LogP) is 4.49. The molecule has 0 saturated heterocycles. The number of anilines is 3. The molecule has 6 heteroatoms. The molecule has 0 radical (unpaired) electrons. The summed E-state index contributed by atoms with van der Waals surface area (Å²) in [5.41, 5.74) is 1.69. The molecule has 2 N–H and O–H groups in total. The SMILES string of the molecule is CC.Cc1cnc(NC(C)(C)C)nc1Nc1cccc2c1OCO2. The van der Waals surface area contributed by atoms with E-state index in [1.54, 1.807) is 6.20 Å². The first-order valence-electron chi connectivity index (χ1n) is 8.20. The number of ether oxygens (including phenoxy) is 2. The van der Waals surface area contributed by atoms with Crippen LogP contribution in [0.2, 0.25) is 0 Å². The van der Waals surface area contributed by atoms with E-state index in [-0.39, 0.29) is 12.3 Å². The fraction of sp³-hybridized carbons (Fsp3) is 0.444. The lowest BCUT2D eigenvalue weighted by Crippen LogP contribution is -2.27. The molecule has 0 bridgehead atoms. The summed E-state index contributed by atoms with van der Waals surface area (Å²) in [5, 5.41) is 6.57. The molecule has 1 aliphatic heterocycles. The first-order chi connectivity index (χ1) is 11.4. The second-order valence-corrected chi connectivity index (χ2v) is 6.26. The van der Waals surface area contributed by atoms with Crippen molar-refractivity contribution in [3.8, 4) is 11.5 Å². The van der Waals surface area contributed by atoms with Gasteiger partial charge in [0.15, 0.2) is 11.5 Å². The molecule has 1 aromatic carbocycles. The zero-order valence-electron chi connectivity index (χ0n) is 15.2. The van der Waals surface area contributed by atoms with Gasteiger partial charge in [0, 0.05) is 17.3 Å². The van der Waals surface area contributed by atoms with E-state index >= 15 is 0 Å². The fourth-order valence-corrected chi connectivity index (χ4v) is 2.12. The molecule has 130 valence electrons. The second kappa shape index (κ2) is 7.38. The molecule has 0 spiro atoms. The average molecular weight is 330 g/mol. The van der Waals surface area contributed by atoms with E-state index in [2.05, 4.69) is 41.4 Å². The maximum absolute atomic E-state index is 5.51. The lowest BCUT2D eigenvalue weighted by atomic mass is 10.1. The number of nitrogens with zero attached hydrogens (tertiary/aromatic N) is 2. The molecule has 0 unspecified atom stereocenters. The largest absolute Gasteiger partial charge is 0.454 e. The summed E-state index contributed by atoms with van der Waals surface area (Å²) in [6.07, 6.45) is 1.80. The van der Waals surface area contributed by atoms with Gasteiger partial charge in [0.2, 0.25) is 12.7 Å². The minimum Gasteiger partial charge on any atom is -0.454 e. The monoisotopic (exact) mass is 330 g/mol. The minimum atomic E-state index is -0.0997. The zero-order valence-corrected chi connectivity index (χ0v) is 15.2. The number of aromatic nitrogens is 2. The van der Waals surface area contributed by atoms with E-state index in [0.717, 1.165) is 22.8 Å². The van der Waals surface area contributed by atoms with Gasteiger partial charge in [-0.25, -0.2) is 4.98 Å². The number of benzene rings is 1. The highest BCUT2D eigenvalue weighted by Gasteiger charge is 2.18. The van der Waals surface area contributed by atoms with E-state index in [1.165, 1.54) is 0 Å². The highest BCUT2D eigenvalue weighted by atomic mass is 16.7. The molecule has 1 aliphatic rings. The van der Waals surface area contributed by atoms with Gasteiger partial charge in [-0.15, -0.1) is 0 Å². The smallest absolute Gasteiger partial charge is 0.231 e. The molecule has 2 aromatic rings. The number of para-hydroxylation sites is 1. The minimum absolute atomic E-state index is 0.0997. The molecule has 1 aromatic heterocycles. The number of nitrogens with one attached hydrogen (secondary N) is 2. The first kappa shape index (κ1) is 17.8. The van der Waals surface area contributed by atoms with Crippen LogP contribution in [0, 0.1) is 6.92 Å². The van der Waals surface area contributed by atoms with Crippen LogP contribution in [0.15, 0.2) is 24.4 Å². The topological polar surface area (TPSA) is 68.3 Å². The quantitative estimate of drug-likeness (QED) is 0.864. The molecule has 0 atom stereocenters. The van der Waals surface area contributed by atoms with Crippen LogP contribution in [-0.2, 0) is 0 Å². The van der Waals surface area contributed by atoms with Gasteiger partial charge in [-0.3, -0.25) is 0 Å². The number of hydrogen-bond donors (Lipinski definition) is 2. The summed E-state index contributed by atoms with van der Waals surface area (Å²) in [6.45, 7) is 12.4. The van der Waals surface area contributed by atoms with E-state index < -0.39 is 0 Å². The van der Waals surface area contributed by atoms with Crippen molar-refractivity contribution in [2.45, 2.75) is 47.1 Å². The standard InChI is InChI=1S/C16H20N4O2.C2H6/c1-10-8-17-15(20-16(2,3)4)19-14(10)18-11-6-5-7-12-13(11)22-9-21-12;1-2/h5-8H,9H2,1-4H3,(H2,17,18,19,20);1-2H3. The molecule has 6 nitrogen and oxygen atoms in total. The van der Waals surface area contributed by atoms with Gasteiger partial charge in [-0.1, -0.05) is 19.9 Å². The maximum Gasteiger partial charge on any atom is 0.231 e. The van der Waals surface area contributed by atoms with Crippen LogP contribution < -0.4 is 20.1 Å². The first-order valence-corrected chi connectivity index (χ1v) is 8.20. The van der Waals surface area contributed by atoms with Gasteiger partial charge < -0.3 is 20.1 Å². The Kier molecular flexibility index (Phi) is 5.49. The van der Waals surface area contributed by atoms with Gasteiger partial charge in [0.05, 0.1) is 5.69 Å². The van der Waals surface area contributed by atoms with E-state index in [9.17, 15) is 0 Å². The third kappa shape index (κ3) is 4.28. The van der Waals surface area contributed by atoms with Crippen molar-refractivity contribution in [1.29, 1.82) is 0 Å². The van der Waals surface area contributed by atoms with Crippen molar-refractivity contribution >= 4 is 17.5 Å². The van der Waals surface area contributed by atoms with Crippen molar-refractivity contribution in [3.63, 3.8) is 0 Å². The summed E-state index contributed by atoms with van der Waals surface area (Å²) in [6, 6.07) is 5.74. The van der Waals surface area contributed by atoms with E-state index in [1.807, 2.05) is 39.0 Å². The molecule has 0 saturated carbocycles. The Hall–Kier alpha value is -2.50. The Morgan fingerprint density at radius 2 is 1.88 bits per heavy atom. The van der Waals surface area contributed by atoms with Crippen LogP contribution in [-0.4, -0.2) is 22.3 Å². The van der Waals surface area contributed by atoms with Gasteiger partial charge >= 0.3 is 0 Å². The van der Waals surface area contributed by atoms with E-state index in [0.29, 0.717) is 11.7 Å². The number of fused-ring (bicyclic) bond motifs is 1. The second-order valence-electron chi connectivity index (χ2n) is 6.26. The molecular weight excluding hydrogens is 304 g/mol. The Morgan fingerprint density at radius 1 is 1.12 bits per heavy atom. The van der Waals surface area contributed by atoms with Crippen LogP contribution in [0.25, 0.3) is 0 Å². The predicted molar refractivity (Wildman–Crippen MR) is 97.3 cm³/mol. The zero-order chi connectivity index (χ0) is 17.7. The third-order valence-corrected chi connectivity index (χ3v) is 3.11. The van der Waals surface area contributed by atoms with Gasteiger partial charge in [-0.2, -0.15) is 4.98 Å². The molecular formula is C18H26N4O2. The number of hydrogen-bond acceptors (Lipinski definition) is 6. The van der Waals surface area contributed by atoms with Gasteiger partial charge in [0.25, 0.3) is 0 Å². The molecule has 0 fully saturated rings. The van der Waals surface area contributed by atoms with Gasteiger partial charge in [-0.05, 0) is 39.8 Å². The summed E-state index contributed by atoms with van der Waals surface area (Å²) in [4.78, 5) is 8.87. The number of rotatable bonds is 3. The lowest BCUT2D eigenvalue weighted by Gasteiger charge is -2.21. The molecule has 0 amide bonds. The van der Waals surface area contributed by atoms with Crippen molar-refractivity contribution in [3.05, 3.63) is 30.0 Å². The van der Waals surface area contributed by atoms with Crippen LogP contribution in [0.4, 0.5) is 17.5 Å². The van der Waals surface area contributed by atoms with Crippen molar-refractivity contribution < 1.29 is 9.47 Å². The van der Waals surface area contributed by atoms with Crippen molar-refractivity contribution in [2.75, 3.05) is 17.4 Å². The Morgan fingerprint density at radius 3 is 2.58 bits per heavy atom. The molecule has 24 heavy (non-hydrogen) atoms. The molecule has 2 heterocycles. The Bertz CT molecular complexity index is 696. The van der Waals surface area contributed by atoms with E-state index in [4.69, 9.17) is 9.47 Å². The van der Waals surface area contributed by atoms with Gasteiger partial charge in [0.1, 0.15) is 5.82 Å².